The first-order valence-corrected chi connectivity index (χ1v) is 3.11. The van der Waals surface area contributed by atoms with E-state index in [4.69, 9.17) is 5.73 Å². The van der Waals surface area contributed by atoms with E-state index in [0.29, 0.717) is 0 Å². The largest absolute Gasteiger partial charge is 0.381 e. The minimum atomic E-state index is -0.450. The molecule has 0 saturated heterocycles. The van der Waals surface area contributed by atoms with Crippen molar-refractivity contribution < 1.29 is 4.39 Å². The number of hydrogen-bond acceptors (Lipinski definition) is 2. The number of nitrogens with zero attached hydrogens (tertiary/aromatic N) is 2. The van der Waals surface area contributed by atoms with Gasteiger partial charge in [-0.25, -0.2) is 9.07 Å². The van der Waals surface area contributed by atoms with Gasteiger partial charge in [0.25, 0.3) is 0 Å². The molecule has 0 atom stereocenters. The molecular weight excluding hydrogens is 133 g/mol. The van der Waals surface area contributed by atoms with Crippen molar-refractivity contribution in [2.45, 2.75) is 19.9 Å². The fraction of sp³-hybridized carbons (Fsp3) is 0.500. The van der Waals surface area contributed by atoms with Crippen LogP contribution in [0.25, 0.3) is 0 Å². The number of aromatic nitrogens is 2. The predicted octanol–water partition coefficient (Wildman–Crippen LogP) is 1.19. The Hall–Kier alpha value is -1.06. The summed E-state index contributed by atoms with van der Waals surface area (Å²) in [7, 11) is 0. The zero-order chi connectivity index (χ0) is 7.72. The Bertz CT molecular complexity index is 229. The summed E-state index contributed by atoms with van der Waals surface area (Å²) in [6.45, 7) is 3.78. The van der Waals surface area contributed by atoms with Crippen molar-refractivity contribution >= 4 is 5.82 Å². The average Bonchev–Trinajstić information content (AvgIpc) is 2.14. The van der Waals surface area contributed by atoms with Crippen molar-refractivity contribution in [2.24, 2.45) is 0 Å². The molecule has 0 radical (unpaired) electrons. The fourth-order valence-electron chi connectivity index (χ4n) is 0.762. The lowest BCUT2D eigenvalue weighted by Gasteiger charge is -2.05. The van der Waals surface area contributed by atoms with Gasteiger partial charge in [0, 0.05) is 6.04 Å². The van der Waals surface area contributed by atoms with Crippen LogP contribution in [0.5, 0.6) is 0 Å². The quantitative estimate of drug-likeness (QED) is 0.641. The Kier molecular flexibility index (Phi) is 1.61. The van der Waals surface area contributed by atoms with E-state index in [1.54, 1.807) is 0 Å². The van der Waals surface area contributed by atoms with E-state index in [1.165, 1.54) is 4.68 Å². The highest BCUT2D eigenvalue weighted by Gasteiger charge is 2.07. The van der Waals surface area contributed by atoms with E-state index in [9.17, 15) is 4.39 Å². The van der Waals surface area contributed by atoms with Gasteiger partial charge in [-0.2, -0.15) is 5.10 Å². The Morgan fingerprint density at radius 3 is 2.50 bits per heavy atom. The third-order valence-electron chi connectivity index (χ3n) is 1.28. The van der Waals surface area contributed by atoms with Crippen LogP contribution < -0.4 is 5.73 Å². The van der Waals surface area contributed by atoms with Crippen LogP contribution >= 0.6 is 0 Å². The summed E-state index contributed by atoms with van der Waals surface area (Å²) in [5.74, 6) is -0.344. The number of nitrogen functional groups attached to an aromatic ring is 1. The maximum atomic E-state index is 12.5. The van der Waals surface area contributed by atoms with Crippen molar-refractivity contribution in [1.29, 1.82) is 0 Å². The number of halogens is 1. The second kappa shape index (κ2) is 2.28. The van der Waals surface area contributed by atoms with E-state index < -0.39 is 5.82 Å². The molecule has 0 fully saturated rings. The first-order chi connectivity index (χ1) is 4.63. The molecule has 0 spiro atoms. The van der Waals surface area contributed by atoms with E-state index in [1.807, 2.05) is 13.8 Å². The first kappa shape index (κ1) is 7.05. The molecule has 0 unspecified atom stereocenters. The van der Waals surface area contributed by atoms with Crippen LogP contribution in [-0.4, -0.2) is 9.78 Å². The first-order valence-electron chi connectivity index (χ1n) is 3.11. The lowest BCUT2D eigenvalue weighted by atomic mass is 10.4. The second-order valence-electron chi connectivity index (χ2n) is 2.42. The summed E-state index contributed by atoms with van der Waals surface area (Å²) in [6.07, 6.45) is 1.12. The van der Waals surface area contributed by atoms with Crippen LogP contribution in [0, 0.1) is 5.82 Å². The molecular formula is C6H10FN3. The third kappa shape index (κ3) is 0.964. The predicted molar refractivity (Wildman–Crippen MR) is 37.0 cm³/mol. The molecule has 10 heavy (non-hydrogen) atoms. The summed E-state index contributed by atoms with van der Waals surface area (Å²) in [6, 6.07) is 0.115. The molecule has 0 bridgehead atoms. The lowest BCUT2D eigenvalue weighted by molar-refractivity contribution is 0.537. The average molecular weight is 143 g/mol. The van der Waals surface area contributed by atoms with Gasteiger partial charge in [0.2, 0.25) is 0 Å². The minimum absolute atomic E-state index is 0.106. The second-order valence-corrected chi connectivity index (χ2v) is 2.42. The molecule has 1 aromatic rings. The van der Waals surface area contributed by atoms with Gasteiger partial charge in [0.1, 0.15) is 0 Å². The third-order valence-corrected chi connectivity index (χ3v) is 1.28. The number of nitrogens with two attached hydrogens (primary N) is 1. The zero-order valence-electron chi connectivity index (χ0n) is 6.00. The van der Waals surface area contributed by atoms with Gasteiger partial charge in [0.15, 0.2) is 11.6 Å². The van der Waals surface area contributed by atoms with Crippen molar-refractivity contribution in [3.8, 4) is 0 Å². The van der Waals surface area contributed by atoms with E-state index in [-0.39, 0.29) is 11.9 Å². The van der Waals surface area contributed by atoms with Crippen molar-refractivity contribution in [1.82, 2.24) is 9.78 Å². The molecule has 56 valence electrons. The molecule has 4 heteroatoms. The van der Waals surface area contributed by atoms with Gasteiger partial charge < -0.3 is 5.73 Å². The normalized spacial score (nSPS) is 10.8. The van der Waals surface area contributed by atoms with Crippen molar-refractivity contribution in [3.05, 3.63) is 12.0 Å². The molecule has 1 heterocycles. The summed E-state index contributed by atoms with van der Waals surface area (Å²) in [4.78, 5) is 0. The van der Waals surface area contributed by atoms with E-state index in [0.717, 1.165) is 6.20 Å². The molecule has 0 amide bonds. The van der Waals surface area contributed by atoms with Gasteiger partial charge in [-0.05, 0) is 13.8 Å². The summed E-state index contributed by atoms with van der Waals surface area (Å²) in [5.41, 5.74) is 5.33. The van der Waals surface area contributed by atoms with Gasteiger partial charge in [0.05, 0.1) is 6.20 Å². The molecule has 1 aromatic heterocycles. The van der Waals surface area contributed by atoms with Crippen LogP contribution in [0.2, 0.25) is 0 Å². The number of hydrogen-bond donors (Lipinski definition) is 1. The zero-order valence-corrected chi connectivity index (χ0v) is 6.00. The van der Waals surface area contributed by atoms with Gasteiger partial charge in [-0.3, -0.25) is 0 Å². The summed E-state index contributed by atoms with van der Waals surface area (Å²) >= 11 is 0. The SMILES string of the molecule is CC(C)n1ncc(F)c1N. The van der Waals surface area contributed by atoms with Crippen LogP contribution in [0.15, 0.2) is 6.20 Å². The summed E-state index contributed by atoms with van der Waals surface area (Å²) < 4.78 is 13.9. The van der Waals surface area contributed by atoms with Crippen LogP contribution in [-0.2, 0) is 0 Å². The highest BCUT2D eigenvalue weighted by molar-refractivity contribution is 5.29. The van der Waals surface area contributed by atoms with Crippen molar-refractivity contribution in [3.63, 3.8) is 0 Å². The summed E-state index contributed by atoms with van der Waals surface area (Å²) in [5, 5.41) is 3.73. The topological polar surface area (TPSA) is 43.8 Å². The Balaban J connectivity index is 3.05. The molecule has 2 N–H and O–H groups in total. The Morgan fingerprint density at radius 2 is 2.30 bits per heavy atom. The molecule has 0 aliphatic rings. The highest BCUT2D eigenvalue weighted by atomic mass is 19.1. The molecule has 0 aromatic carbocycles. The minimum Gasteiger partial charge on any atom is -0.381 e. The number of anilines is 1. The molecule has 0 aliphatic carbocycles. The Labute approximate surface area is 58.6 Å². The molecule has 3 nitrogen and oxygen atoms in total. The van der Waals surface area contributed by atoms with Gasteiger partial charge in [-0.1, -0.05) is 0 Å². The lowest BCUT2D eigenvalue weighted by Crippen LogP contribution is -2.07. The van der Waals surface area contributed by atoms with Crippen LogP contribution in [0.1, 0.15) is 19.9 Å². The van der Waals surface area contributed by atoms with Crippen LogP contribution in [0.3, 0.4) is 0 Å². The molecule has 1 rings (SSSR count). The standard InChI is InChI=1S/C6H10FN3/c1-4(2)10-6(8)5(7)3-9-10/h3-4H,8H2,1-2H3. The number of rotatable bonds is 1. The fourth-order valence-corrected chi connectivity index (χ4v) is 0.762. The maximum Gasteiger partial charge on any atom is 0.184 e. The highest BCUT2D eigenvalue weighted by Crippen LogP contribution is 2.13. The van der Waals surface area contributed by atoms with Gasteiger partial charge >= 0.3 is 0 Å². The van der Waals surface area contributed by atoms with Crippen LogP contribution in [0.4, 0.5) is 10.2 Å². The van der Waals surface area contributed by atoms with Gasteiger partial charge in [-0.15, -0.1) is 0 Å². The monoisotopic (exact) mass is 143 g/mol. The molecule has 0 saturated carbocycles. The maximum absolute atomic E-state index is 12.5. The van der Waals surface area contributed by atoms with E-state index in [2.05, 4.69) is 5.10 Å². The smallest absolute Gasteiger partial charge is 0.184 e. The Morgan fingerprint density at radius 1 is 1.70 bits per heavy atom. The molecule has 0 aliphatic heterocycles. The van der Waals surface area contributed by atoms with E-state index >= 15 is 0 Å². The van der Waals surface area contributed by atoms with Crippen molar-refractivity contribution in [2.75, 3.05) is 5.73 Å².